The molecule has 1 aromatic rings. The van der Waals surface area contributed by atoms with Crippen molar-refractivity contribution < 1.29 is 4.79 Å². The van der Waals surface area contributed by atoms with Gasteiger partial charge in [0.05, 0.1) is 5.56 Å². The summed E-state index contributed by atoms with van der Waals surface area (Å²) in [6.07, 6.45) is 3.33. The second-order valence-corrected chi connectivity index (χ2v) is 5.57. The molecule has 1 aliphatic carbocycles. The van der Waals surface area contributed by atoms with Gasteiger partial charge in [0, 0.05) is 24.3 Å². The highest BCUT2D eigenvalue weighted by molar-refractivity contribution is 6.00. The Morgan fingerprint density at radius 1 is 1.37 bits per heavy atom. The Kier molecular flexibility index (Phi) is 4.46. The minimum atomic E-state index is 0.174. The van der Waals surface area contributed by atoms with E-state index in [0.717, 1.165) is 37.1 Å². The van der Waals surface area contributed by atoms with Crippen LogP contribution in [0.15, 0.2) is 24.3 Å². The monoisotopic (exact) mass is 260 g/mol. The van der Waals surface area contributed by atoms with Gasteiger partial charge in [-0.3, -0.25) is 4.79 Å². The van der Waals surface area contributed by atoms with Crippen LogP contribution in [0.25, 0.3) is 0 Å². The molecule has 1 aliphatic rings. The molecule has 1 saturated carbocycles. The van der Waals surface area contributed by atoms with E-state index in [0.29, 0.717) is 12.1 Å². The molecule has 1 amide bonds. The number of carbonyl (C=O) groups excluding carboxylic acids is 1. The number of hydrogen-bond acceptors (Lipinski definition) is 2. The van der Waals surface area contributed by atoms with Gasteiger partial charge < -0.3 is 10.2 Å². The van der Waals surface area contributed by atoms with E-state index in [2.05, 4.69) is 26.1 Å². The number of hydrogen-bond donors (Lipinski definition) is 1. The number of benzene rings is 1. The summed E-state index contributed by atoms with van der Waals surface area (Å²) in [5.74, 6) is 0.174. The quantitative estimate of drug-likeness (QED) is 0.848. The zero-order valence-corrected chi connectivity index (χ0v) is 12.1. The Labute approximate surface area is 116 Å². The first kappa shape index (κ1) is 13.9. The van der Waals surface area contributed by atoms with Gasteiger partial charge in [0.25, 0.3) is 5.91 Å². The normalized spacial score (nSPS) is 14.5. The van der Waals surface area contributed by atoms with Crippen molar-refractivity contribution in [1.29, 1.82) is 0 Å². The van der Waals surface area contributed by atoms with E-state index < -0.39 is 0 Å². The van der Waals surface area contributed by atoms with Crippen LogP contribution in [0.2, 0.25) is 0 Å². The lowest BCUT2D eigenvalue weighted by Crippen LogP contribution is -2.34. The summed E-state index contributed by atoms with van der Waals surface area (Å²) >= 11 is 0. The van der Waals surface area contributed by atoms with Crippen molar-refractivity contribution in [3.8, 4) is 0 Å². The number of nitrogens with one attached hydrogen (secondary N) is 1. The molecule has 0 aromatic heterocycles. The smallest absolute Gasteiger partial charge is 0.256 e. The van der Waals surface area contributed by atoms with Crippen LogP contribution in [0.4, 0.5) is 5.69 Å². The van der Waals surface area contributed by atoms with Gasteiger partial charge in [0.1, 0.15) is 0 Å². The predicted molar refractivity (Wildman–Crippen MR) is 79.6 cm³/mol. The number of nitrogens with zero attached hydrogens (tertiary/aromatic N) is 1. The van der Waals surface area contributed by atoms with E-state index in [1.807, 2.05) is 29.2 Å². The fourth-order valence-electron chi connectivity index (χ4n) is 2.34. The molecule has 1 aromatic carbocycles. The van der Waals surface area contributed by atoms with Gasteiger partial charge in [-0.15, -0.1) is 0 Å². The van der Waals surface area contributed by atoms with Crippen LogP contribution < -0.4 is 5.32 Å². The zero-order valence-electron chi connectivity index (χ0n) is 12.1. The van der Waals surface area contributed by atoms with Crippen molar-refractivity contribution in [3.05, 3.63) is 29.8 Å². The van der Waals surface area contributed by atoms with Gasteiger partial charge in [-0.25, -0.2) is 0 Å². The van der Waals surface area contributed by atoms with Gasteiger partial charge in [0.2, 0.25) is 0 Å². The second kappa shape index (κ2) is 6.09. The van der Waals surface area contributed by atoms with Crippen molar-refractivity contribution in [2.45, 2.75) is 52.1 Å². The first-order valence-corrected chi connectivity index (χ1v) is 7.30. The maximum absolute atomic E-state index is 12.7. The third-order valence-corrected chi connectivity index (χ3v) is 3.31. The Bertz CT molecular complexity index is 438. The highest BCUT2D eigenvalue weighted by atomic mass is 16.2. The molecule has 3 heteroatoms. The second-order valence-electron chi connectivity index (χ2n) is 5.57. The molecule has 1 fully saturated rings. The molecule has 3 nitrogen and oxygen atoms in total. The van der Waals surface area contributed by atoms with Crippen LogP contribution >= 0.6 is 0 Å². The fourth-order valence-corrected chi connectivity index (χ4v) is 2.34. The average molecular weight is 260 g/mol. The lowest BCUT2D eigenvalue weighted by Gasteiger charge is -2.24. The van der Waals surface area contributed by atoms with Crippen LogP contribution in [0, 0.1) is 0 Å². The molecule has 0 heterocycles. The van der Waals surface area contributed by atoms with Crippen LogP contribution in [-0.4, -0.2) is 29.4 Å². The lowest BCUT2D eigenvalue weighted by molar-refractivity contribution is 0.0744. The summed E-state index contributed by atoms with van der Waals surface area (Å²) < 4.78 is 0. The van der Waals surface area contributed by atoms with Gasteiger partial charge in [0.15, 0.2) is 0 Å². The molecule has 0 unspecified atom stereocenters. The minimum Gasteiger partial charge on any atom is -0.382 e. The molecule has 19 heavy (non-hydrogen) atoms. The molecule has 2 rings (SSSR count). The third kappa shape index (κ3) is 3.49. The Morgan fingerprint density at radius 3 is 2.63 bits per heavy atom. The third-order valence-electron chi connectivity index (χ3n) is 3.31. The maximum Gasteiger partial charge on any atom is 0.256 e. The summed E-state index contributed by atoms with van der Waals surface area (Å²) in [7, 11) is 0. The molecule has 0 aliphatic heterocycles. The zero-order chi connectivity index (χ0) is 13.8. The summed E-state index contributed by atoms with van der Waals surface area (Å²) in [6, 6.07) is 8.63. The molecule has 104 valence electrons. The molecule has 0 spiro atoms. The molecule has 0 bridgehead atoms. The summed E-state index contributed by atoms with van der Waals surface area (Å²) in [5, 5.41) is 3.36. The van der Waals surface area contributed by atoms with Crippen molar-refractivity contribution >= 4 is 11.6 Å². The van der Waals surface area contributed by atoms with E-state index in [-0.39, 0.29) is 5.91 Å². The largest absolute Gasteiger partial charge is 0.382 e. The maximum atomic E-state index is 12.7. The SMILES string of the molecule is CCCN(C(=O)c1ccccc1NC(C)C)C1CC1. The molecule has 0 saturated heterocycles. The number of para-hydroxylation sites is 1. The van der Waals surface area contributed by atoms with Crippen molar-refractivity contribution in [2.24, 2.45) is 0 Å². The number of carbonyl (C=O) groups is 1. The van der Waals surface area contributed by atoms with Crippen LogP contribution in [-0.2, 0) is 0 Å². The van der Waals surface area contributed by atoms with Gasteiger partial charge in [-0.1, -0.05) is 19.1 Å². The first-order valence-electron chi connectivity index (χ1n) is 7.30. The minimum absolute atomic E-state index is 0.174. The highest BCUT2D eigenvalue weighted by Crippen LogP contribution is 2.30. The highest BCUT2D eigenvalue weighted by Gasteiger charge is 2.33. The average Bonchev–Trinajstić information content (AvgIpc) is 3.19. The standard InChI is InChI=1S/C16H24N2O/c1-4-11-18(13-9-10-13)16(19)14-7-5-6-8-15(14)17-12(2)3/h5-8,12-13,17H,4,9-11H2,1-3H3. The van der Waals surface area contributed by atoms with Crippen LogP contribution in [0.1, 0.15) is 50.4 Å². The predicted octanol–water partition coefficient (Wildman–Crippen LogP) is 3.52. The van der Waals surface area contributed by atoms with E-state index in [1.54, 1.807) is 0 Å². The summed E-state index contributed by atoms with van der Waals surface area (Å²) in [4.78, 5) is 14.7. The van der Waals surface area contributed by atoms with Crippen molar-refractivity contribution in [3.63, 3.8) is 0 Å². The van der Waals surface area contributed by atoms with Gasteiger partial charge in [-0.2, -0.15) is 0 Å². The lowest BCUT2D eigenvalue weighted by atomic mass is 10.1. The van der Waals surface area contributed by atoms with E-state index in [1.165, 1.54) is 0 Å². The van der Waals surface area contributed by atoms with E-state index >= 15 is 0 Å². The van der Waals surface area contributed by atoms with Crippen molar-refractivity contribution in [1.82, 2.24) is 4.90 Å². The molecule has 0 radical (unpaired) electrons. The number of amides is 1. The molecule has 0 atom stereocenters. The molecular weight excluding hydrogens is 236 g/mol. The van der Waals surface area contributed by atoms with E-state index in [9.17, 15) is 4.79 Å². The van der Waals surface area contributed by atoms with Gasteiger partial charge >= 0.3 is 0 Å². The summed E-state index contributed by atoms with van der Waals surface area (Å²) in [5.41, 5.74) is 1.75. The number of anilines is 1. The Balaban J connectivity index is 2.21. The van der Waals surface area contributed by atoms with Crippen LogP contribution in [0.3, 0.4) is 0 Å². The number of rotatable bonds is 6. The first-order chi connectivity index (χ1) is 9.13. The van der Waals surface area contributed by atoms with E-state index in [4.69, 9.17) is 0 Å². The summed E-state index contributed by atoms with van der Waals surface area (Å²) in [6.45, 7) is 7.17. The Morgan fingerprint density at radius 2 is 2.05 bits per heavy atom. The van der Waals surface area contributed by atoms with Gasteiger partial charge in [-0.05, 0) is 45.2 Å². The van der Waals surface area contributed by atoms with Crippen LogP contribution in [0.5, 0.6) is 0 Å². The topological polar surface area (TPSA) is 32.3 Å². The Hall–Kier alpha value is -1.51. The fraction of sp³-hybridized carbons (Fsp3) is 0.562. The molecule has 1 N–H and O–H groups in total. The molecular formula is C16H24N2O. The van der Waals surface area contributed by atoms with Crippen molar-refractivity contribution in [2.75, 3.05) is 11.9 Å².